The summed E-state index contributed by atoms with van der Waals surface area (Å²) in [5, 5.41) is 9.21. The number of nitrogens with zero attached hydrogens (tertiary/aromatic N) is 1. The van der Waals surface area contributed by atoms with Gasteiger partial charge in [0, 0.05) is 17.8 Å². The van der Waals surface area contributed by atoms with Gasteiger partial charge in [-0.25, -0.2) is 0 Å². The van der Waals surface area contributed by atoms with Crippen molar-refractivity contribution < 1.29 is 28.5 Å². The van der Waals surface area contributed by atoms with Crippen LogP contribution in [0.15, 0.2) is 28.8 Å². The molecule has 1 unspecified atom stereocenters. The van der Waals surface area contributed by atoms with E-state index in [9.17, 15) is 9.59 Å². The number of carbonyl (C=O) groups is 2. The molecular weight excluding hydrogens is 352 g/mol. The highest BCUT2D eigenvalue weighted by molar-refractivity contribution is 5.93. The first kappa shape index (κ1) is 18.7. The van der Waals surface area contributed by atoms with Crippen LogP contribution in [0.25, 0.3) is 0 Å². The van der Waals surface area contributed by atoms with Crippen LogP contribution in [-0.4, -0.2) is 49.8 Å². The molecule has 0 spiro atoms. The Balaban J connectivity index is 1.51. The Hall–Kier alpha value is -3.07. The summed E-state index contributed by atoms with van der Waals surface area (Å²) in [6.45, 7) is 5.60. The summed E-state index contributed by atoms with van der Waals surface area (Å²) < 4.78 is 15.9. The summed E-state index contributed by atoms with van der Waals surface area (Å²) in [6, 6.07) is 6.90. The molecule has 2 amide bonds. The first-order valence-electron chi connectivity index (χ1n) is 8.79. The van der Waals surface area contributed by atoms with E-state index in [1.165, 1.54) is 0 Å². The Morgan fingerprint density at radius 3 is 2.44 bits per heavy atom. The Morgan fingerprint density at radius 2 is 1.78 bits per heavy atom. The number of hydrogen-bond acceptors (Lipinski definition) is 6. The van der Waals surface area contributed by atoms with Crippen molar-refractivity contribution in [2.45, 2.75) is 13.8 Å². The summed E-state index contributed by atoms with van der Waals surface area (Å²) in [5.41, 5.74) is 0.627. The molecule has 2 aromatic rings. The third kappa shape index (κ3) is 5.20. The molecule has 1 atom stereocenters. The first-order valence-corrected chi connectivity index (χ1v) is 8.79. The predicted molar refractivity (Wildman–Crippen MR) is 97.2 cm³/mol. The number of aryl methyl sites for hydroxylation is 1. The number of benzene rings is 1. The van der Waals surface area contributed by atoms with Crippen LogP contribution in [0.4, 0.5) is 11.5 Å². The highest BCUT2D eigenvalue weighted by atomic mass is 16.6. The molecule has 9 nitrogen and oxygen atoms in total. The van der Waals surface area contributed by atoms with Crippen molar-refractivity contribution in [2.75, 3.05) is 43.5 Å². The van der Waals surface area contributed by atoms with Crippen molar-refractivity contribution in [3.8, 4) is 11.5 Å². The molecule has 0 radical (unpaired) electrons. The largest absolute Gasteiger partial charge is 0.486 e. The van der Waals surface area contributed by atoms with Crippen molar-refractivity contribution in [2.24, 2.45) is 0 Å². The first-order chi connectivity index (χ1) is 13.0. The van der Waals surface area contributed by atoms with Crippen molar-refractivity contribution in [1.29, 1.82) is 0 Å². The van der Waals surface area contributed by atoms with E-state index in [0.29, 0.717) is 48.5 Å². The van der Waals surface area contributed by atoms with Crippen LogP contribution in [-0.2, 0) is 9.59 Å². The van der Waals surface area contributed by atoms with E-state index < -0.39 is 0 Å². The number of likely N-dealkylation sites (N-methyl/N-ethyl adjacent to an activating group) is 1. The lowest BCUT2D eigenvalue weighted by molar-refractivity contribution is -0.881. The van der Waals surface area contributed by atoms with Gasteiger partial charge in [0.25, 0.3) is 11.8 Å². The summed E-state index contributed by atoms with van der Waals surface area (Å²) >= 11 is 0. The molecule has 0 saturated carbocycles. The fourth-order valence-corrected chi connectivity index (χ4v) is 2.71. The minimum Gasteiger partial charge on any atom is -0.486 e. The van der Waals surface area contributed by atoms with Crippen molar-refractivity contribution >= 4 is 23.3 Å². The molecule has 1 aromatic heterocycles. The number of nitrogens with one attached hydrogen (secondary N) is 3. The number of fused-ring (bicyclic) bond motifs is 1. The molecule has 1 aliphatic heterocycles. The van der Waals surface area contributed by atoms with Crippen molar-refractivity contribution in [1.82, 2.24) is 5.16 Å². The molecule has 1 aliphatic rings. The molecule has 0 aliphatic carbocycles. The Kier molecular flexibility index (Phi) is 5.92. The van der Waals surface area contributed by atoms with Gasteiger partial charge < -0.3 is 29.5 Å². The van der Waals surface area contributed by atoms with Crippen molar-refractivity contribution in [3.63, 3.8) is 0 Å². The van der Waals surface area contributed by atoms with E-state index in [1.807, 2.05) is 6.92 Å². The predicted octanol–water partition coefficient (Wildman–Crippen LogP) is 0.236. The summed E-state index contributed by atoms with van der Waals surface area (Å²) in [4.78, 5) is 25.3. The molecule has 0 bridgehead atoms. The molecule has 144 valence electrons. The van der Waals surface area contributed by atoms with Gasteiger partial charge in [0.05, 0.1) is 6.54 Å². The third-order valence-electron chi connectivity index (χ3n) is 4.04. The number of aromatic nitrogens is 1. The van der Waals surface area contributed by atoms with E-state index in [0.717, 1.165) is 4.90 Å². The van der Waals surface area contributed by atoms with E-state index in [4.69, 9.17) is 14.0 Å². The minimum absolute atomic E-state index is 0.150. The van der Waals surface area contributed by atoms with Gasteiger partial charge in [-0.15, -0.1) is 0 Å². The van der Waals surface area contributed by atoms with Gasteiger partial charge in [0.15, 0.2) is 30.4 Å². The molecule has 3 N–H and O–H groups in total. The normalized spacial score (nSPS) is 13.7. The number of carbonyl (C=O) groups excluding carboxylic acids is 2. The topological polar surface area (TPSA) is 107 Å². The van der Waals surface area contributed by atoms with Crippen LogP contribution in [0, 0.1) is 6.92 Å². The standard InChI is InChI=1S/C18H22N4O5/c1-3-22(11-18(24)20-16-8-12(2)27-21-16)10-17(23)19-13-4-5-14-15(9-13)26-7-6-25-14/h4-5,8-9H,3,6-7,10-11H2,1-2H3,(H,19,23)(H,20,21,24)/p+1. The second kappa shape index (κ2) is 8.54. The summed E-state index contributed by atoms with van der Waals surface area (Å²) in [7, 11) is 0. The molecule has 27 heavy (non-hydrogen) atoms. The van der Waals surface area contributed by atoms with Crippen LogP contribution in [0.5, 0.6) is 11.5 Å². The number of amides is 2. The zero-order valence-electron chi connectivity index (χ0n) is 15.3. The second-order valence-corrected chi connectivity index (χ2v) is 6.23. The number of ether oxygens (including phenoxy) is 2. The maximum absolute atomic E-state index is 12.3. The van der Waals surface area contributed by atoms with Gasteiger partial charge in [-0.05, 0) is 26.0 Å². The molecular formula is C18H23N4O5+. The SMILES string of the molecule is CC[NH+](CC(=O)Nc1ccc2c(c1)OCCO2)CC(=O)Nc1cc(C)on1. The van der Waals surface area contributed by atoms with E-state index in [1.54, 1.807) is 31.2 Å². The molecule has 9 heteroatoms. The van der Waals surface area contributed by atoms with Gasteiger partial charge in [-0.2, -0.15) is 0 Å². The van der Waals surface area contributed by atoms with Crippen LogP contribution < -0.4 is 25.0 Å². The van der Waals surface area contributed by atoms with E-state index in [-0.39, 0.29) is 24.9 Å². The molecule has 0 fully saturated rings. The lowest BCUT2D eigenvalue weighted by Gasteiger charge is -2.19. The van der Waals surface area contributed by atoms with E-state index in [2.05, 4.69) is 15.8 Å². The number of anilines is 2. The average molecular weight is 375 g/mol. The van der Waals surface area contributed by atoms with Crippen LogP contribution in [0.2, 0.25) is 0 Å². The minimum atomic E-state index is -0.229. The summed E-state index contributed by atoms with van der Waals surface area (Å²) in [5.74, 6) is 1.85. The molecule has 2 heterocycles. The van der Waals surface area contributed by atoms with Gasteiger partial charge >= 0.3 is 0 Å². The second-order valence-electron chi connectivity index (χ2n) is 6.23. The average Bonchev–Trinajstić information content (AvgIpc) is 3.05. The Morgan fingerprint density at radius 1 is 1.07 bits per heavy atom. The molecule has 3 rings (SSSR count). The highest BCUT2D eigenvalue weighted by Gasteiger charge is 2.19. The maximum Gasteiger partial charge on any atom is 0.280 e. The number of hydrogen-bond donors (Lipinski definition) is 3. The quantitative estimate of drug-likeness (QED) is 0.640. The van der Waals surface area contributed by atoms with Crippen LogP contribution >= 0.6 is 0 Å². The molecule has 1 aromatic carbocycles. The Labute approximate surface area is 156 Å². The summed E-state index contributed by atoms with van der Waals surface area (Å²) in [6.07, 6.45) is 0. The fraction of sp³-hybridized carbons (Fsp3) is 0.389. The lowest BCUT2D eigenvalue weighted by Crippen LogP contribution is -3.13. The Bertz CT molecular complexity index is 820. The number of quaternary nitrogens is 1. The smallest absolute Gasteiger partial charge is 0.280 e. The zero-order chi connectivity index (χ0) is 19.2. The zero-order valence-corrected chi connectivity index (χ0v) is 15.3. The van der Waals surface area contributed by atoms with E-state index >= 15 is 0 Å². The van der Waals surface area contributed by atoms with Gasteiger partial charge in [-0.3, -0.25) is 9.59 Å². The van der Waals surface area contributed by atoms with Crippen LogP contribution in [0.3, 0.4) is 0 Å². The van der Waals surface area contributed by atoms with Crippen LogP contribution in [0.1, 0.15) is 12.7 Å². The third-order valence-corrected chi connectivity index (χ3v) is 4.04. The van der Waals surface area contributed by atoms with Gasteiger partial charge in [0.1, 0.15) is 19.0 Å². The monoisotopic (exact) mass is 375 g/mol. The fourth-order valence-electron chi connectivity index (χ4n) is 2.71. The lowest BCUT2D eigenvalue weighted by atomic mass is 10.2. The molecule has 0 saturated heterocycles. The van der Waals surface area contributed by atoms with Crippen molar-refractivity contribution in [3.05, 3.63) is 30.0 Å². The highest BCUT2D eigenvalue weighted by Crippen LogP contribution is 2.32. The van der Waals surface area contributed by atoms with Gasteiger partial charge in [-0.1, -0.05) is 5.16 Å². The van der Waals surface area contributed by atoms with Gasteiger partial charge in [0.2, 0.25) is 0 Å². The maximum atomic E-state index is 12.3. The number of rotatable bonds is 7.